The van der Waals surface area contributed by atoms with Crippen LogP contribution >= 0.6 is 0 Å². The predicted octanol–water partition coefficient (Wildman–Crippen LogP) is 6.55. The minimum Gasteiger partial charge on any atom is -0.493 e. The van der Waals surface area contributed by atoms with Gasteiger partial charge >= 0.3 is 12.2 Å². The number of rotatable bonds is 10. The van der Waals surface area contributed by atoms with E-state index >= 15 is 0 Å². The summed E-state index contributed by atoms with van der Waals surface area (Å²) in [6.07, 6.45) is -1.60. The molecule has 2 aromatic heterocycles. The fourth-order valence-corrected chi connectivity index (χ4v) is 4.07. The minimum absolute atomic E-state index is 0.000439. The predicted molar refractivity (Wildman–Crippen MR) is 153 cm³/mol. The van der Waals surface area contributed by atoms with Crippen molar-refractivity contribution in [1.82, 2.24) is 19.9 Å². The summed E-state index contributed by atoms with van der Waals surface area (Å²) in [7, 11) is 3.36. The highest BCUT2D eigenvalue weighted by Gasteiger charge is 2.33. The van der Waals surface area contributed by atoms with E-state index in [0.29, 0.717) is 41.9 Å². The van der Waals surface area contributed by atoms with Gasteiger partial charge in [-0.3, -0.25) is 0 Å². The van der Waals surface area contributed by atoms with Crippen LogP contribution < -0.4 is 20.1 Å². The molecule has 0 aliphatic rings. The van der Waals surface area contributed by atoms with Gasteiger partial charge in [-0.15, -0.1) is 0 Å². The molecule has 0 atom stereocenters. The highest BCUT2D eigenvalue weighted by atomic mass is 19.4. The lowest BCUT2D eigenvalue weighted by molar-refractivity contribution is -0.138. The summed E-state index contributed by atoms with van der Waals surface area (Å²) in [5.41, 5.74) is 1.53. The molecule has 0 aliphatic carbocycles. The lowest BCUT2D eigenvalue weighted by Gasteiger charge is -2.18. The van der Waals surface area contributed by atoms with Gasteiger partial charge in [0.25, 0.3) is 0 Å². The topological polar surface area (TPSA) is 102 Å². The van der Waals surface area contributed by atoms with Crippen molar-refractivity contribution in [2.45, 2.75) is 33.2 Å². The quantitative estimate of drug-likeness (QED) is 0.219. The van der Waals surface area contributed by atoms with Crippen LogP contribution in [0.2, 0.25) is 0 Å². The first-order chi connectivity index (χ1) is 20.0. The number of nitrogens with one attached hydrogen (secondary N) is 2. The molecular formula is C30H31F3N6O3. The Morgan fingerprint density at radius 2 is 1.74 bits per heavy atom. The van der Waals surface area contributed by atoms with E-state index in [4.69, 9.17) is 9.47 Å². The van der Waals surface area contributed by atoms with Crippen LogP contribution in [0.15, 0.2) is 67.0 Å². The monoisotopic (exact) mass is 580 g/mol. The van der Waals surface area contributed by atoms with Crippen molar-refractivity contribution in [1.29, 1.82) is 0 Å². The second-order valence-corrected chi connectivity index (χ2v) is 9.61. The molecule has 220 valence electrons. The SMILES string of the molecule is CCOc1cc(OCc2ccccc2)ncc1-c1ncc(NC(=O)Nc2ccc(CN(C)C)c(C(F)(F)F)c2)c(C)n1. The lowest BCUT2D eigenvalue weighted by atomic mass is 10.1. The van der Waals surface area contributed by atoms with E-state index < -0.39 is 17.8 Å². The van der Waals surface area contributed by atoms with Crippen LogP contribution in [0, 0.1) is 6.92 Å². The number of pyridine rings is 1. The molecule has 0 unspecified atom stereocenters. The van der Waals surface area contributed by atoms with Gasteiger partial charge in [0.05, 0.1) is 35.3 Å². The van der Waals surface area contributed by atoms with Crippen molar-refractivity contribution in [2.75, 3.05) is 31.3 Å². The summed E-state index contributed by atoms with van der Waals surface area (Å²) in [5.74, 6) is 1.17. The highest BCUT2D eigenvalue weighted by molar-refractivity contribution is 6.00. The maximum absolute atomic E-state index is 13.6. The van der Waals surface area contributed by atoms with Crippen LogP contribution in [0.4, 0.5) is 29.3 Å². The maximum atomic E-state index is 13.6. The zero-order valence-electron chi connectivity index (χ0n) is 23.6. The fourth-order valence-electron chi connectivity index (χ4n) is 4.07. The van der Waals surface area contributed by atoms with Gasteiger partial charge in [0.2, 0.25) is 5.88 Å². The fraction of sp³-hybridized carbons (Fsp3) is 0.267. The molecule has 9 nitrogen and oxygen atoms in total. The second kappa shape index (κ2) is 13.3. The molecular weight excluding hydrogens is 549 g/mol. The smallest absolute Gasteiger partial charge is 0.416 e. The third-order valence-electron chi connectivity index (χ3n) is 6.00. The Kier molecular flexibility index (Phi) is 9.58. The minimum atomic E-state index is -4.57. The van der Waals surface area contributed by atoms with Gasteiger partial charge in [-0.05, 0) is 51.2 Å². The summed E-state index contributed by atoms with van der Waals surface area (Å²) in [6.45, 7) is 4.35. The standard InChI is InChI=1S/C30H31F3N6O3/c1-5-41-26-14-27(42-18-20-9-7-6-8-10-20)34-15-23(26)28-35-16-25(19(2)36-28)38-29(40)37-22-12-11-21(17-39(3)4)24(13-22)30(31,32)33/h6-16H,5,17-18H2,1-4H3,(H2,37,38,40). The van der Waals surface area contributed by atoms with Crippen molar-refractivity contribution < 1.29 is 27.4 Å². The normalized spacial score (nSPS) is 11.3. The summed E-state index contributed by atoms with van der Waals surface area (Å²) in [5, 5.41) is 5.04. The van der Waals surface area contributed by atoms with Crippen molar-refractivity contribution >= 4 is 17.4 Å². The van der Waals surface area contributed by atoms with Crippen molar-refractivity contribution in [3.8, 4) is 23.0 Å². The molecule has 0 aliphatic heterocycles. The molecule has 4 aromatic rings. The Hall–Kier alpha value is -4.71. The second-order valence-electron chi connectivity index (χ2n) is 9.61. The number of ether oxygens (including phenoxy) is 2. The van der Waals surface area contributed by atoms with Crippen LogP contribution in [-0.4, -0.2) is 46.6 Å². The zero-order chi connectivity index (χ0) is 30.3. The van der Waals surface area contributed by atoms with Crippen molar-refractivity contribution in [2.24, 2.45) is 0 Å². The number of carbonyl (C=O) groups is 1. The van der Waals surface area contributed by atoms with Crippen LogP contribution in [-0.2, 0) is 19.3 Å². The molecule has 0 saturated carbocycles. The van der Waals surface area contributed by atoms with Crippen molar-refractivity contribution in [3.05, 3.63) is 89.4 Å². The molecule has 2 aromatic carbocycles. The highest BCUT2D eigenvalue weighted by Crippen LogP contribution is 2.35. The van der Waals surface area contributed by atoms with Gasteiger partial charge < -0.3 is 25.0 Å². The average Bonchev–Trinajstić information content (AvgIpc) is 2.94. The summed E-state index contributed by atoms with van der Waals surface area (Å²) in [4.78, 5) is 27.5. The van der Waals surface area contributed by atoms with E-state index in [9.17, 15) is 18.0 Å². The van der Waals surface area contributed by atoms with Gasteiger partial charge in [-0.1, -0.05) is 36.4 Å². The van der Waals surface area contributed by atoms with E-state index in [-0.39, 0.29) is 23.5 Å². The number of urea groups is 1. The Labute approximate surface area is 241 Å². The third-order valence-corrected chi connectivity index (χ3v) is 6.00. The molecule has 0 bridgehead atoms. The van der Waals surface area contributed by atoms with Crippen LogP contribution in [0.5, 0.6) is 11.6 Å². The summed E-state index contributed by atoms with van der Waals surface area (Å²) >= 11 is 0. The summed E-state index contributed by atoms with van der Waals surface area (Å²) < 4.78 is 52.4. The molecule has 12 heteroatoms. The van der Waals surface area contributed by atoms with E-state index in [1.54, 1.807) is 38.2 Å². The van der Waals surface area contributed by atoms with Crippen LogP contribution in [0.25, 0.3) is 11.4 Å². The molecule has 0 spiro atoms. The number of benzene rings is 2. The Morgan fingerprint density at radius 3 is 2.40 bits per heavy atom. The van der Waals surface area contributed by atoms with Crippen molar-refractivity contribution in [3.63, 3.8) is 0 Å². The number of aromatic nitrogens is 3. The van der Waals surface area contributed by atoms with Crippen LogP contribution in [0.1, 0.15) is 29.3 Å². The number of carbonyl (C=O) groups excluding carboxylic acids is 1. The molecule has 2 N–H and O–H groups in total. The molecule has 0 radical (unpaired) electrons. The van der Waals surface area contributed by atoms with Crippen LogP contribution in [0.3, 0.4) is 0 Å². The van der Waals surface area contributed by atoms with Gasteiger partial charge in [0.1, 0.15) is 12.4 Å². The number of amides is 2. The molecule has 0 fully saturated rings. The molecule has 2 amide bonds. The first kappa shape index (κ1) is 30.3. The van der Waals surface area contributed by atoms with E-state index in [0.717, 1.165) is 11.6 Å². The van der Waals surface area contributed by atoms with E-state index in [1.807, 2.05) is 37.3 Å². The summed E-state index contributed by atoms with van der Waals surface area (Å²) in [6, 6.07) is 14.3. The lowest BCUT2D eigenvalue weighted by Crippen LogP contribution is -2.22. The molecule has 0 saturated heterocycles. The molecule has 2 heterocycles. The Morgan fingerprint density at radius 1 is 0.976 bits per heavy atom. The van der Waals surface area contributed by atoms with Gasteiger partial charge in [0.15, 0.2) is 5.82 Å². The number of aryl methyl sites for hydroxylation is 1. The molecule has 42 heavy (non-hydrogen) atoms. The number of alkyl halides is 3. The number of hydrogen-bond acceptors (Lipinski definition) is 7. The first-order valence-corrected chi connectivity index (χ1v) is 13.1. The van der Waals surface area contributed by atoms with E-state index in [2.05, 4.69) is 25.6 Å². The van der Waals surface area contributed by atoms with Gasteiger partial charge in [-0.2, -0.15) is 13.2 Å². The number of nitrogens with zero attached hydrogens (tertiary/aromatic N) is 4. The Bertz CT molecular complexity index is 1530. The maximum Gasteiger partial charge on any atom is 0.416 e. The Balaban J connectivity index is 1.47. The number of halogens is 3. The van der Waals surface area contributed by atoms with Gasteiger partial charge in [0, 0.05) is 24.5 Å². The number of anilines is 2. The largest absolute Gasteiger partial charge is 0.493 e. The average molecular weight is 581 g/mol. The third kappa shape index (κ3) is 7.94. The van der Waals surface area contributed by atoms with Gasteiger partial charge in [-0.25, -0.2) is 19.7 Å². The number of hydrogen-bond donors (Lipinski definition) is 2. The molecule has 4 rings (SSSR count). The zero-order valence-corrected chi connectivity index (χ0v) is 23.6. The van der Waals surface area contributed by atoms with E-state index in [1.165, 1.54) is 18.3 Å². The first-order valence-electron chi connectivity index (χ1n) is 13.1.